The van der Waals surface area contributed by atoms with E-state index in [1.54, 1.807) is 11.7 Å². The molecule has 1 aliphatic heterocycles. The molecule has 3 rings (SSSR count). The Bertz CT molecular complexity index is 836. The average molecular weight is 331 g/mol. The first-order chi connectivity index (χ1) is 11.4. The molecular weight excluding hydrogens is 306 g/mol. The number of nitrogens with one attached hydrogen (secondary N) is 2. The number of aryl methyl sites for hydroxylation is 3. The number of nitrogens with zero attached hydrogens (tertiary/aromatic N) is 3. The van der Waals surface area contributed by atoms with E-state index in [-0.39, 0.29) is 17.5 Å². The number of piperazine rings is 1. The van der Waals surface area contributed by atoms with E-state index in [2.05, 4.69) is 22.3 Å². The van der Waals surface area contributed by atoms with Gasteiger partial charge in [-0.3, -0.25) is 19.4 Å². The van der Waals surface area contributed by atoms with Gasteiger partial charge in [0, 0.05) is 44.8 Å². The minimum absolute atomic E-state index is 0.124. The fourth-order valence-corrected chi connectivity index (χ4v) is 3.60. The van der Waals surface area contributed by atoms with Crippen molar-refractivity contribution in [3.8, 4) is 0 Å². The van der Waals surface area contributed by atoms with Gasteiger partial charge in [-0.05, 0) is 38.3 Å². The lowest BCUT2D eigenvalue weighted by atomic mass is 9.99. The molecule has 1 saturated heterocycles. The summed E-state index contributed by atoms with van der Waals surface area (Å²) in [6, 6.07) is 0.228. The standard InChI is InChI=1S/C17H25N5O2/c1-10-9-18-7-8-22(10)14(23)6-5-13-11(2)15-16(19-12(13)3)21(4)20-17(15)24/h10,18H,5-9H2,1-4H3,(H,20,24)/t10-/m1/s1. The molecule has 24 heavy (non-hydrogen) atoms. The van der Waals surface area contributed by atoms with Gasteiger partial charge in [-0.25, -0.2) is 4.98 Å². The van der Waals surface area contributed by atoms with Gasteiger partial charge in [0.2, 0.25) is 5.91 Å². The third-order valence-corrected chi connectivity index (χ3v) is 4.99. The molecule has 0 spiro atoms. The lowest BCUT2D eigenvalue weighted by molar-refractivity contribution is -0.133. The molecule has 0 bridgehead atoms. The summed E-state index contributed by atoms with van der Waals surface area (Å²) in [6.45, 7) is 8.40. The Morgan fingerprint density at radius 2 is 2.12 bits per heavy atom. The van der Waals surface area contributed by atoms with E-state index in [1.165, 1.54) is 0 Å². The topological polar surface area (TPSA) is 83.0 Å². The zero-order chi connectivity index (χ0) is 17.4. The van der Waals surface area contributed by atoms with E-state index in [1.807, 2.05) is 18.7 Å². The van der Waals surface area contributed by atoms with Crippen molar-refractivity contribution in [2.45, 2.75) is 39.7 Å². The molecule has 0 aliphatic carbocycles. The number of fused-ring (bicyclic) bond motifs is 1. The summed E-state index contributed by atoms with van der Waals surface area (Å²) < 4.78 is 1.65. The Labute approximate surface area is 141 Å². The van der Waals surface area contributed by atoms with Crippen molar-refractivity contribution >= 4 is 16.9 Å². The van der Waals surface area contributed by atoms with E-state index in [0.717, 1.165) is 36.5 Å². The van der Waals surface area contributed by atoms with Crippen molar-refractivity contribution in [1.82, 2.24) is 25.0 Å². The summed E-state index contributed by atoms with van der Waals surface area (Å²) in [5, 5.41) is 6.67. The molecule has 1 amide bonds. The second kappa shape index (κ2) is 6.39. The summed E-state index contributed by atoms with van der Waals surface area (Å²) in [5.41, 5.74) is 3.37. The molecular formula is C17H25N5O2. The summed E-state index contributed by atoms with van der Waals surface area (Å²) in [5.74, 6) is 0.171. The fourth-order valence-electron chi connectivity index (χ4n) is 3.60. The molecule has 2 N–H and O–H groups in total. The largest absolute Gasteiger partial charge is 0.337 e. The van der Waals surface area contributed by atoms with Crippen LogP contribution in [0.2, 0.25) is 0 Å². The second-order valence-electron chi connectivity index (χ2n) is 6.64. The zero-order valence-corrected chi connectivity index (χ0v) is 14.8. The minimum atomic E-state index is -0.124. The van der Waals surface area contributed by atoms with Crippen LogP contribution in [0.1, 0.15) is 30.2 Å². The molecule has 2 aromatic rings. The highest BCUT2D eigenvalue weighted by Gasteiger charge is 2.23. The molecule has 1 fully saturated rings. The lowest BCUT2D eigenvalue weighted by Gasteiger charge is -2.34. The first-order valence-corrected chi connectivity index (χ1v) is 8.45. The van der Waals surface area contributed by atoms with Crippen LogP contribution in [0.15, 0.2) is 4.79 Å². The third kappa shape index (κ3) is 2.84. The maximum atomic E-state index is 12.5. The van der Waals surface area contributed by atoms with Crippen molar-refractivity contribution in [2.75, 3.05) is 19.6 Å². The van der Waals surface area contributed by atoms with Gasteiger partial charge in [0.1, 0.15) is 0 Å². The maximum Gasteiger partial charge on any atom is 0.273 e. The van der Waals surface area contributed by atoms with Crippen LogP contribution in [0.3, 0.4) is 0 Å². The average Bonchev–Trinajstić information content (AvgIpc) is 2.81. The summed E-state index contributed by atoms with van der Waals surface area (Å²) in [7, 11) is 1.78. The van der Waals surface area contributed by atoms with E-state index in [9.17, 15) is 9.59 Å². The molecule has 7 nitrogen and oxygen atoms in total. The van der Waals surface area contributed by atoms with E-state index in [0.29, 0.717) is 23.9 Å². The van der Waals surface area contributed by atoms with Gasteiger partial charge in [0.15, 0.2) is 5.65 Å². The number of pyridine rings is 1. The van der Waals surface area contributed by atoms with Crippen LogP contribution in [0.5, 0.6) is 0 Å². The highest BCUT2D eigenvalue weighted by molar-refractivity contribution is 5.81. The predicted molar refractivity (Wildman–Crippen MR) is 93.2 cm³/mol. The number of aromatic nitrogens is 3. The van der Waals surface area contributed by atoms with Gasteiger partial charge in [-0.15, -0.1) is 0 Å². The number of hydrogen-bond donors (Lipinski definition) is 2. The molecule has 3 heterocycles. The summed E-state index contributed by atoms with van der Waals surface area (Å²) >= 11 is 0. The zero-order valence-electron chi connectivity index (χ0n) is 14.8. The van der Waals surface area contributed by atoms with Crippen LogP contribution in [0, 0.1) is 13.8 Å². The third-order valence-electron chi connectivity index (χ3n) is 4.99. The Hall–Kier alpha value is -2.15. The molecule has 1 aliphatic rings. The normalized spacial score (nSPS) is 18.3. The fraction of sp³-hybridized carbons (Fsp3) is 0.588. The van der Waals surface area contributed by atoms with Crippen LogP contribution in [0.25, 0.3) is 11.0 Å². The Morgan fingerprint density at radius 3 is 2.83 bits per heavy atom. The minimum Gasteiger partial charge on any atom is -0.337 e. The monoisotopic (exact) mass is 331 g/mol. The van der Waals surface area contributed by atoms with Crippen LogP contribution in [-0.4, -0.2) is 51.2 Å². The quantitative estimate of drug-likeness (QED) is 0.864. The molecule has 0 aromatic carbocycles. The van der Waals surface area contributed by atoms with Gasteiger partial charge in [0.05, 0.1) is 5.39 Å². The van der Waals surface area contributed by atoms with Crippen molar-refractivity contribution in [1.29, 1.82) is 0 Å². The first kappa shape index (κ1) is 16.7. The van der Waals surface area contributed by atoms with Crippen molar-refractivity contribution in [2.24, 2.45) is 7.05 Å². The van der Waals surface area contributed by atoms with Gasteiger partial charge < -0.3 is 10.2 Å². The van der Waals surface area contributed by atoms with Gasteiger partial charge in [-0.1, -0.05) is 0 Å². The molecule has 130 valence electrons. The second-order valence-corrected chi connectivity index (χ2v) is 6.64. The maximum absolute atomic E-state index is 12.5. The van der Waals surface area contributed by atoms with Gasteiger partial charge >= 0.3 is 0 Å². The van der Waals surface area contributed by atoms with E-state index in [4.69, 9.17) is 0 Å². The molecule has 1 atom stereocenters. The molecule has 0 saturated carbocycles. The van der Waals surface area contributed by atoms with Crippen molar-refractivity contribution in [3.05, 3.63) is 27.2 Å². The van der Waals surface area contributed by atoms with Crippen LogP contribution in [-0.2, 0) is 18.3 Å². The van der Waals surface area contributed by atoms with E-state index < -0.39 is 0 Å². The van der Waals surface area contributed by atoms with Crippen LogP contribution >= 0.6 is 0 Å². The molecule has 0 unspecified atom stereocenters. The van der Waals surface area contributed by atoms with Crippen molar-refractivity contribution < 1.29 is 4.79 Å². The number of hydrogen-bond acceptors (Lipinski definition) is 4. The number of carbonyl (C=O) groups is 1. The Morgan fingerprint density at radius 1 is 1.38 bits per heavy atom. The summed E-state index contributed by atoms with van der Waals surface area (Å²) in [4.78, 5) is 31.2. The van der Waals surface area contributed by atoms with Crippen molar-refractivity contribution in [3.63, 3.8) is 0 Å². The van der Waals surface area contributed by atoms with Crippen LogP contribution < -0.4 is 10.9 Å². The SMILES string of the molecule is Cc1nc2c(c(C)c1CCC(=O)N1CCNC[C@H]1C)c(=O)[nH]n2C. The molecule has 2 aromatic heterocycles. The van der Waals surface area contributed by atoms with Crippen LogP contribution in [0.4, 0.5) is 0 Å². The Kier molecular flexibility index (Phi) is 4.45. The number of aromatic amines is 1. The number of rotatable bonds is 3. The highest BCUT2D eigenvalue weighted by Crippen LogP contribution is 2.21. The van der Waals surface area contributed by atoms with Gasteiger partial charge in [0.25, 0.3) is 5.56 Å². The first-order valence-electron chi connectivity index (χ1n) is 8.45. The van der Waals surface area contributed by atoms with E-state index >= 15 is 0 Å². The Balaban J connectivity index is 1.84. The lowest BCUT2D eigenvalue weighted by Crippen LogP contribution is -2.52. The number of H-pyrrole nitrogens is 1. The molecule has 0 radical (unpaired) electrons. The highest BCUT2D eigenvalue weighted by atomic mass is 16.2. The predicted octanol–water partition coefficient (Wildman–Crippen LogP) is 0.631. The van der Waals surface area contributed by atoms with Gasteiger partial charge in [-0.2, -0.15) is 0 Å². The smallest absolute Gasteiger partial charge is 0.273 e. The summed E-state index contributed by atoms with van der Waals surface area (Å²) in [6.07, 6.45) is 1.06. The molecule has 7 heteroatoms. The number of amides is 1. The number of carbonyl (C=O) groups excluding carboxylic acids is 1.